The zero-order valence-electron chi connectivity index (χ0n) is 12.4. The first-order valence-corrected chi connectivity index (χ1v) is 6.89. The number of ether oxygens (including phenoxy) is 3. The molecular weight excluding hydrogens is 377 g/mol. The van der Waals surface area contributed by atoms with Crippen LogP contribution in [0.2, 0.25) is 0 Å². The van der Waals surface area contributed by atoms with E-state index in [1.54, 1.807) is 20.8 Å². The van der Waals surface area contributed by atoms with Gasteiger partial charge in [-0.05, 0) is 43.4 Å². The van der Waals surface area contributed by atoms with E-state index in [2.05, 4.69) is 9.97 Å². The summed E-state index contributed by atoms with van der Waals surface area (Å²) in [7, 11) is 4.50. The molecule has 1 amide bonds. The molecule has 1 rings (SSSR count). The van der Waals surface area contributed by atoms with Crippen molar-refractivity contribution in [3.8, 4) is 11.8 Å². The lowest BCUT2D eigenvalue weighted by Crippen LogP contribution is -2.35. The Bertz CT molecular complexity index is 477. The largest absolute Gasteiger partial charge is 0.480 e. The number of nitrogens with zero attached hydrogens (tertiary/aromatic N) is 3. The average Bonchev–Trinajstić information content (AvgIpc) is 2.36. The highest BCUT2D eigenvalue weighted by Gasteiger charge is 2.24. The predicted octanol–water partition coefficient (Wildman–Crippen LogP) is 2.47. The van der Waals surface area contributed by atoms with Crippen LogP contribution in [0.3, 0.4) is 0 Å². The molecule has 1 aromatic rings. The van der Waals surface area contributed by atoms with Gasteiger partial charge < -0.3 is 14.2 Å². The van der Waals surface area contributed by atoms with Gasteiger partial charge in [0.05, 0.1) is 14.2 Å². The molecule has 0 aromatic carbocycles. The van der Waals surface area contributed by atoms with E-state index in [1.165, 1.54) is 26.2 Å². The highest BCUT2D eigenvalue weighted by Crippen LogP contribution is 2.29. The third kappa shape index (κ3) is 4.09. The molecule has 0 N–H and O–H groups in total. The molecule has 0 unspecified atom stereocenters. The molecule has 0 atom stereocenters. The molecule has 8 heteroatoms. The van der Waals surface area contributed by atoms with Crippen LogP contribution in [0.25, 0.3) is 0 Å². The number of rotatable bonds is 3. The van der Waals surface area contributed by atoms with Crippen molar-refractivity contribution in [1.29, 1.82) is 0 Å². The molecule has 7 nitrogen and oxygen atoms in total. The number of carbonyl (C=O) groups is 1. The SMILES string of the molecule is COc1nc(N(C)C(=O)OC(C)(C)C)nc(OC)c1I. The fraction of sp³-hybridized carbons (Fsp3) is 0.583. The van der Waals surface area contributed by atoms with E-state index in [0.717, 1.165) is 0 Å². The number of amides is 1. The highest BCUT2D eigenvalue weighted by molar-refractivity contribution is 14.1. The monoisotopic (exact) mass is 395 g/mol. The summed E-state index contributed by atoms with van der Waals surface area (Å²) < 4.78 is 16.2. The Kier molecular flexibility index (Phi) is 5.37. The third-order valence-corrected chi connectivity index (χ3v) is 3.06. The fourth-order valence-electron chi connectivity index (χ4n) is 1.23. The van der Waals surface area contributed by atoms with E-state index in [0.29, 0.717) is 15.3 Å². The summed E-state index contributed by atoms with van der Waals surface area (Å²) in [5.74, 6) is 0.819. The third-order valence-electron chi connectivity index (χ3n) is 2.13. The summed E-state index contributed by atoms with van der Waals surface area (Å²) >= 11 is 2.01. The van der Waals surface area contributed by atoms with Gasteiger partial charge in [0.2, 0.25) is 17.7 Å². The van der Waals surface area contributed by atoms with Gasteiger partial charge in [0, 0.05) is 7.05 Å². The molecule has 0 fully saturated rings. The Morgan fingerprint density at radius 2 is 1.60 bits per heavy atom. The lowest BCUT2D eigenvalue weighted by molar-refractivity contribution is 0.0587. The van der Waals surface area contributed by atoms with Gasteiger partial charge >= 0.3 is 6.09 Å². The first kappa shape index (κ1) is 16.7. The molecule has 0 aliphatic carbocycles. The van der Waals surface area contributed by atoms with Gasteiger partial charge in [0.1, 0.15) is 9.17 Å². The van der Waals surface area contributed by atoms with Crippen LogP contribution in [0.15, 0.2) is 0 Å². The predicted molar refractivity (Wildman–Crippen MR) is 82.5 cm³/mol. The van der Waals surface area contributed by atoms with Crippen molar-refractivity contribution >= 4 is 34.6 Å². The van der Waals surface area contributed by atoms with Crippen molar-refractivity contribution in [2.45, 2.75) is 26.4 Å². The number of carbonyl (C=O) groups excluding carboxylic acids is 1. The van der Waals surface area contributed by atoms with Gasteiger partial charge in [-0.1, -0.05) is 0 Å². The molecule has 0 radical (unpaired) electrons. The molecule has 1 aromatic heterocycles. The molecule has 20 heavy (non-hydrogen) atoms. The molecule has 0 saturated heterocycles. The number of methoxy groups -OCH3 is 2. The summed E-state index contributed by atoms with van der Waals surface area (Å²) in [5.41, 5.74) is -0.595. The zero-order chi connectivity index (χ0) is 15.5. The van der Waals surface area contributed by atoms with Gasteiger partial charge in [0.15, 0.2) is 0 Å². The fourth-order valence-corrected chi connectivity index (χ4v) is 1.91. The highest BCUT2D eigenvalue weighted by atomic mass is 127. The summed E-state index contributed by atoms with van der Waals surface area (Å²) in [6.07, 6.45) is -0.553. The van der Waals surface area contributed by atoms with Crippen molar-refractivity contribution in [3.63, 3.8) is 0 Å². The van der Waals surface area contributed by atoms with Crippen LogP contribution < -0.4 is 14.4 Å². The Balaban J connectivity index is 3.10. The summed E-state index contributed by atoms with van der Waals surface area (Å²) in [4.78, 5) is 21.5. The molecule has 112 valence electrons. The molecule has 0 spiro atoms. The van der Waals surface area contributed by atoms with Crippen molar-refractivity contribution in [2.75, 3.05) is 26.2 Å². The van der Waals surface area contributed by atoms with E-state index in [-0.39, 0.29) is 5.95 Å². The van der Waals surface area contributed by atoms with E-state index < -0.39 is 11.7 Å². The first-order chi connectivity index (χ1) is 9.19. The van der Waals surface area contributed by atoms with Crippen LogP contribution in [-0.2, 0) is 4.74 Å². The number of hydrogen-bond donors (Lipinski definition) is 0. The van der Waals surface area contributed by atoms with E-state index in [9.17, 15) is 4.79 Å². The van der Waals surface area contributed by atoms with Crippen molar-refractivity contribution < 1.29 is 19.0 Å². The summed E-state index contributed by atoms with van der Waals surface area (Å²) in [6.45, 7) is 5.36. The van der Waals surface area contributed by atoms with Crippen molar-refractivity contribution in [2.24, 2.45) is 0 Å². The van der Waals surface area contributed by atoms with Crippen LogP contribution in [0.1, 0.15) is 20.8 Å². The molecule has 0 saturated carbocycles. The number of anilines is 1. The van der Waals surface area contributed by atoms with Crippen LogP contribution in [-0.4, -0.2) is 42.9 Å². The molecule has 0 aliphatic heterocycles. The number of hydrogen-bond acceptors (Lipinski definition) is 6. The number of halogens is 1. The van der Waals surface area contributed by atoms with Gasteiger partial charge in [0.25, 0.3) is 0 Å². The standard InChI is InChI=1S/C12H18IN3O4/c1-12(2,3)20-11(17)16(4)10-14-8(18-5)7(13)9(15-10)19-6/h1-6H3. The quantitative estimate of drug-likeness (QED) is 0.733. The minimum absolute atomic E-state index is 0.147. The Morgan fingerprint density at radius 1 is 1.15 bits per heavy atom. The first-order valence-electron chi connectivity index (χ1n) is 5.81. The topological polar surface area (TPSA) is 73.8 Å². The normalized spacial score (nSPS) is 10.9. The molecule has 0 aliphatic rings. The zero-order valence-corrected chi connectivity index (χ0v) is 14.5. The van der Waals surface area contributed by atoms with Gasteiger partial charge in [-0.2, -0.15) is 9.97 Å². The van der Waals surface area contributed by atoms with Crippen LogP contribution in [0, 0.1) is 3.57 Å². The number of aromatic nitrogens is 2. The van der Waals surface area contributed by atoms with Gasteiger partial charge in [-0.3, -0.25) is 0 Å². The maximum Gasteiger partial charge on any atom is 0.416 e. The van der Waals surface area contributed by atoms with Crippen molar-refractivity contribution in [3.05, 3.63) is 3.57 Å². The van der Waals surface area contributed by atoms with Gasteiger partial charge in [-0.15, -0.1) is 0 Å². The minimum atomic E-state index is -0.595. The molecule has 0 bridgehead atoms. The Morgan fingerprint density at radius 3 is 1.95 bits per heavy atom. The second-order valence-corrected chi connectivity index (χ2v) is 5.97. The van der Waals surface area contributed by atoms with E-state index in [4.69, 9.17) is 14.2 Å². The second kappa shape index (κ2) is 6.42. The minimum Gasteiger partial charge on any atom is -0.480 e. The Hall–Kier alpha value is -1.32. The summed E-state index contributed by atoms with van der Waals surface area (Å²) in [6, 6.07) is 0. The lowest BCUT2D eigenvalue weighted by atomic mass is 10.2. The Labute approximate surface area is 131 Å². The second-order valence-electron chi connectivity index (χ2n) is 4.90. The van der Waals surface area contributed by atoms with Crippen LogP contribution >= 0.6 is 22.6 Å². The van der Waals surface area contributed by atoms with E-state index in [1.807, 2.05) is 22.6 Å². The van der Waals surface area contributed by atoms with Crippen molar-refractivity contribution in [1.82, 2.24) is 9.97 Å². The van der Waals surface area contributed by atoms with Gasteiger partial charge in [-0.25, -0.2) is 9.69 Å². The molecular formula is C12H18IN3O4. The van der Waals surface area contributed by atoms with Crippen LogP contribution in [0.4, 0.5) is 10.7 Å². The average molecular weight is 395 g/mol. The van der Waals surface area contributed by atoms with E-state index >= 15 is 0 Å². The van der Waals surface area contributed by atoms with Crippen LogP contribution in [0.5, 0.6) is 11.8 Å². The smallest absolute Gasteiger partial charge is 0.416 e. The maximum absolute atomic E-state index is 12.0. The lowest BCUT2D eigenvalue weighted by Gasteiger charge is -2.24. The summed E-state index contributed by atoms with van der Waals surface area (Å²) in [5, 5.41) is 0. The molecule has 1 heterocycles. The maximum atomic E-state index is 12.0.